The van der Waals surface area contributed by atoms with Crippen LogP contribution in [0.3, 0.4) is 0 Å². The lowest BCUT2D eigenvalue weighted by Crippen LogP contribution is -2.67. The maximum atomic E-state index is 9.31. The van der Waals surface area contributed by atoms with E-state index in [1.165, 1.54) is 12.8 Å². The minimum atomic E-state index is -0.0363. The molecule has 2 atom stereocenters. The summed E-state index contributed by atoms with van der Waals surface area (Å²) in [5.41, 5.74) is -0.0363. The van der Waals surface area contributed by atoms with Crippen LogP contribution in [0.4, 0.5) is 0 Å². The van der Waals surface area contributed by atoms with E-state index in [0.717, 1.165) is 13.1 Å². The number of hydrogen-bond donors (Lipinski definition) is 2. The van der Waals surface area contributed by atoms with E-state index >= 15 is 0 Å². The molecule has 0 radical (unpaired) electrons. The van der Waals surface area contributed by atoms with Crippen LogP contribution in [0, 0.1) is 0 Å². The van der Waals surface area contributed by atoms with Gasteiger partial charge in [-0.05, 0) is 26.7 Å². The molecule has 0 saturated carbocycles. The molecule has 13 heavy (non-hydrogen) atoms. The average Bonchev–Trinajstić information content (AvgIpc) is 2.19. The van der Waals surface area contributed by atoms with Gasteiger partial charge in [-0.1, -0.05) is 0 Å². The molecule has 2 unspecified atom stereocenters. The molecule has 0 amide bonds. The molecular formula is C10H20N2O. The first-order chi connectivity index (χ1) is 6.13. The van der Waals surface area contributed by atoms with Crippen molar-refractivity contribution < 1.29 is 5.11 Å². The highest BCUT2D eigenvalue weighted by atomic mass is 16.3. The van der Waals surface area contributed by atoms with Gasteiger partial charge in [0.1, 0.15) is 0 Å². The first-order valence-corrected chi connectivity index (χ1v) is 5.24. The Balaban J connectivity index is 2.08. The van der Waals surface area contributed by atoms with Crippen molar-refractivity contribution >= 4 is 0 Å². The Morgan fingerprint density at radius 2 is 2.23 bits per heavy atom. The Morgan fingerprint density at radius 1 is 1.46 bits per heavy atom. The van der Waals surface area contributed by atoms with Crippen molar-refractivity contribution in [2.75, 3.05) is 19.7 Å². The Bertz CT molecular complexity index is 185. The summed E-state index contributed by atoms with van der Waals surface area (Å²) in [6.45, 7) is 6.74. The molecule has 3 aliphatic heterocycles. The van der Waals surface area contributed by atoms with Crippen LogP contribution in [0.25, 0.3) is 0 Å². The van der Waals surface area contributed by atoms with Gasteiger partial charge in [-0.15, -0.1) is 0 Å². The van der Waals surface area contributed by atoms with Gasteiger partial charge in [0.15, 0.2) is 0 Å². The lowest BCUT2D eigenvalue weighted by molar-refractivity contribution is -0.0310. The summed E-state index contributed by atoms with van der Waals surface area (Å²) < 4.78 is 0. The zero-order valence-corrected chi connectivity index (χ0v) is 8.58. The van der Waals surface area contributed by atoms with Crippen molar-refractivity contribution in [1.29, 1.82) is 0 Å². The first kappa shape index (κ1) is 9.44. The van der Waals surface area contributed by atoms with Gasteiger partial charge in [0, 0.05) is 30.7 Å². The molecule has 0 aromatic heterocycles. The van der Waals surface area contributed by atoms with Crippen molar-refractivity contribution in [2.45, 2.75) is 44.3 Å². The summed E-state index contributed by atoms with van der Waals surface area (Å²) in [4.78, 5) is 2.47. The van der Waals surface area contributed by atoms with Crippen LogP contribution in [0.1, 0.15) is 26.7 Å². The fraction of sp³-hybridized carbons (Fsp3) is 1.00. The number of aliphatic hydroxyl groups is 1. The predicted octanol–water partition coefficient (Wildman–Crippen LogP) is 0.193. The molecule has 2 N–H and O–H groups in total. The van der Waals surface area contributed by atoms with Gasteiger partial charge in [-0.3, -0.25) is 4.90 Å². The highest BCUT2D eigenvalue weighted by molar-refractivity contribution is 4.98. The summed E-state index contributed by atoms with van der Waals surface area (Å²) in [6, 6.07) is 1.31. The number of aliphatic hydroxyl groups excluding tert-OH is 1. The zero-order chi connectivity index (χ0) is 9.47. The molecule has 3 aliphatic rings. The van der Waals surface area contributed by atoms with Gasteiger partial charge in [0.25, 0.3) is 0 Å². The topological polar surface area (TPSA) is 35.5 Å². The van der Waals surface area contributed by atoms with Gasteiger partial charge in [0.05, 0.1) is 6.61 Å². The fourth-order valence-corrected chi connectivity index (χ4v) is 2.54. The van der Waals surface area contributed by atoms with Gasteiger partial charge in [-0.2, -0.15) is 0 Å². The minimum Gasteiger partial charge on any atom is -0.394 e. The molecule has 76 valence electrons. The molecule has 3 nitrogen and oxygen atoms in total. The standard InChI is InChI=1S/C10H20N2O/c1-10(2,7-13)12-6-8-3-4-9(12)5-11-8/h8-9,11,13H,3-7H2,1-2H3. The summed E-state index contributed by atoms with van der Waals surface area (Å²) in [5, 5.41) is 12.8. The number of fused-ring (bicyclic) bond motifs is 3. The SMILES string of the molecule is CC(C)(CO)N1CC2CCC1CN2. The second kappa shape index (κ2) is 3.23. The summed E-state index contributed by atoms with van der Waals surface area (Å²) in [7, 11) is 0. The molecule has 3 saturated heterocycles. The molecule has 0 aliphatic carbocycles. The van der Waals surface area contributed by atoms with Crippen molar-refractivity contribution in [3.63, 3.8) is 0 Å². The van der Waals surface area contributed by atoms with Crippen LogP contribution >= 0.6 is 0 Å². The van der Waals surface area contributed by atoms with Crippen LogP contribution in [-0.2, 0) is 0 Å². The second-order valence-electron chi connectivity index (χ2n) is 4.96. The lowest BCUT2D eigenvalue weighted by atomic mass is 9.88. The van der Waals surface area contributed by atoms with Gasteiger partial charge in [0.2, 0.25) is 0 Å². The maximum Gasteiger partial charge on any atom is 0.0610 e. The zero-order valence-electron chi connectivity index (χ0n) is 8.58. The summed E-state index contributed by atoms with van der Waals surface area (Å²) in [6.07, 6.45) is 2.60. The van der Waals surface area contributed by atoms with Crippen LogP contribution in [-0.4, -0.2) is 47.3 Å². The van der Waals surface area contributed by atoms with E-state index in [-0.39, 0.29) is 12.1 Å². The largest absolute Gasteiger partial charge is 0.394 e. The van der Waals surface area contributed by atoms with Crippen LogP contribution in [0.5, 0.6) is 0 Å². The Kier molecular flexibility index (Phi) is 2.34. The van der Waals surface area contributed by atoms with Crippen molar-refractivity contribution in [2.24, 2.45) is 0 Å². The third-order valence-electron chi connectivity index (χ3n) is 3.51. The molecular weight excluding hydrogens is 164 g/mol. The van der Waals surface area contributed by atoms with E-state index in [4.69, 9.17) is 0 Å². The molecule has 3 rings (SSSR count). The van der Waals surface area contributed by atoms with E-state index in [2.05, 4.69) is 24.1 Å². The van der Waals surface area contributed by atoms with E-state index < -0.39 is 0 Å². The number of rotatable bonds is 2. The highest BCUT2D eigenvalue weighted by Crippen LogP contribution is 2.28. The Hall–Kier alpha value is -0.120. The summed E-state index contributed by atoms with van der Waals surface area (Å²) in [5.74, 6) is 0. The van der Waals surface area contributed by atoms with Crippen LogP contribution < -0.4 is 5.32 Å². The number of piperazine rings is 1. The molecule has 0 aromatic carbocycles. The highest BCUT2D eigenvalue weighted by Gasteiger charge is 2.40. The molecule has 0 aromatic rings. The van der Waals surface area contributed by atoms with Gasteiger partial charge in [-0.25, -0.2) is 0 Å². The van der Waals surface area contributed by atoms with Crippen LogP contribution in [0.2, 0.25) is 0 Å². The number of piperidine rings is 2. The predicted molar refractivity (Wildman–Crippen MR) is 52.7 cm³/mol. The number of nitrogens with one attached hydrogen (secondary N) is 1. The average molecular weight is 184 g/mol. The van der Waals surface area contributed by atoms with E-state index in [1.54, 1.807) is 0 Å². The van der Waals surface area contributed by atoms with Crippen molar-refractivity contribution in [3.05, 3.63) is 0 Å². The van der Waals surface area contributed by atoms with Crippen LogP contribution in [0.15, 0.2) is 0 Å². The second-order valence-corrected chi connectivity index (χ2v) is 4.96. The third kappa shape index (κ3) is 1.60. The van der Waals surface area contributed by atoms with E-state index in [1.807, 2.05) is 0 Å². The first-order valence-electron chi connectivity index (χ1n) is 5.24. The molecule has 3 fully saturated rings. The normalized spacial score (nSPS) is 35.3. The monoisotopic (exact) mass is 184 g/mol. The molecule has 3 heteroatoms. The number of hydrogen-bond acceptors (Lipinski definition) is 3. The lowest BCUT2D eigenvalue weighted by Gasteiger charge is -2.52. The van der Waals surface area contributed by atoms with E-state index in [0.29, 0.717) is 12.1 Å². The maximum absolute atomic E-state index is 9.31. The van der Waals surface area contributed by atoms with Gasteiger partial charge >= 0.3 is 0 Å². The van der Waals surface area contributed by atoms with Gasteiger partial charge < -0.3 is 10.4 Å². The Morgan fingerprint density at radius 3 is 2.62 bits per heavy atom. The Labute approximate surface area is 80.1 Å². The third-order valence-corrected chi connectivity index (χ3v) is 3.51. The smallest absolute Gasteiger partial charge is 0.0610 e. The minimum absolute atomic E-state index is 0.0363. The number of nitrogens with zero attached hydrogens (tertiary/aromatic N) is 1. The molecule has 0 spiro atoms. The van der Waals surface area contributed by atoms with Crippen molar-refractivity contribution in [1.82, 2.24) is 10.2 Å². The fourth-order valence-electron chi connectivity index (χ4n) is 2.54. The molecule has 2 bridgehead atoms. The quantitative estimate of drug-likeness (QED) is 0.643. The van der Waals surface area contributed by atoms with Crippen molar-refractivity contribution in [3.8, 4) is 0 Å². The summed E-state index contributed by atoms with van der Waals surface area (Å²) >= 11 is 0. The van der Waals surface area contributed by atoms with E-state index in [9.17, 15) is 5.11 Å². The molecule has 3 heterocycles.